The number of hydrogen-bond donors (Lipinski definition) is 1. The molecule has 0 aliphatic heterocycles. The van der Waals surface area contributed by atoms with Crippen LogP contribution in [0.2, 0.25) is 0 Å². The van der Waals surface area contributed by atoms with E-state index in [1.165, 1.54) is 0 Å². The van der Waals surface area contributed by atoms with Crippen LogP contribution in [0.5, 0.6) is 0 Å². The van der Waals surface area contributed by atoms with E-state index in [-0.39, 0.29) is 5.88 Å². The number of benzene rings is 1. The van der Waals surface area contributed by atoms with Gasteiger partial charge in [-0.3, -0.25) is 0 Å². The fourth-order valence-corrected chi connectivity index (χ4v) is 3.53. The average molecular weight is 300 g/mol. The molecule has 1 aromatic rings. The summed E-state index contributed by atoms with van der Waals surface area (Å²) in [5.41, 5.74) is -0.840. The van der Waals surface area contributed by atoms with Crippen molar-refractivity contribution in [2.24, 2.45) is 0 Å². The smallest absolute Gasteiger partial charge is 0.207 e. The van der Waals surface area contributed by atoms with Crippen LogP contribution in [0, 0.1) is 17.5 Å². The Morgan fingerprint density at radius 3 is 2.11 bits per heavy atom. The molecule has 0 bridgehead atoms. The summed E-state index contributed by atoms with van der Waals surface area (Å²) in [7, 11) is -4.40. The molecule has 3 nitrogen and oxygen atoms in total. The standard InChI is InChI=1S/C10H9ClF3NO2S/c11-5-10(1-2-10)15-18(16,17)9-7(13)3-6(12)4-8(9)14/h3-4,15H,1-2,5H2. The van der Waals surface area contributed by atoms with Crippen molar-refractivity contribution in [1.29, 1.82) is 0 Å². The highest BCUT2D eigenvalue weighted by Crippen LogP contribution is 2.38. The fourth-order valence-electron chi connectivity index (χ4n) is 1.54. The second-order valence-electron chi connectivity index (χ2n) is 4.22. The van der Waals surface area contributed by atoms with E-state index in [2.05, 4.69) is 4.72 Å². The molecule has 0 heterocycles. The summed E-state index contributed by atoms with van der Waals surface area (Å²) in [5.74, 6) is -4.10. The van der Waals surface area contributed by atoms with Gasteiger partial charge in [-0.1, -0.05) is 0 Å². The summed E-state index contributed by atoms with van der Waals surface area (Å²) < 4.78 is 65.2. The molecule has 1 aliphatic rings. The van der Waals surface area contributed by atoms with Crippen LogP contribution in [0.25, 0.3) is 0 Å². The maximum atomic E-state index is 13.4. The van der Waals surface area contributed by atoms with Crippen LogP contribution in [-0.4, -0.2) is 19.8 Å². The number of rotatable bonds is 4. The van der Waals surface area contributed by atoms with Gasteiger partial charge in [0.25, 0.3) is 0 Å². The van der Waals surface area contributed by atoms with Crippen LogP contribution < -0.4 is 4.72 Å². The maximum absolute atomic E-state index is 13.4. The predicted molar refractivity (Wildman–Crippen MR) is 59.3 cm³/mol. The highest BCUT2D eigenvalue weighted by atomic mass is 35.5. The second-order valence-corrected chi connectivity index (χ2v) is 6.10. The van der Waals surface area contributed by atoms with Crippen molar-refractivity contribution in [2.45, 2.75) is 23.3 Å². The first kappa shape index (κ1) is 13.6. The molecule has 1 saturated carbocycles. The molecule has 0 amide bonds. The third-order valence-corrected chi connectivity index (χ3v) is 4.83. The fraction of sp³-hybridized carbons (Fsp3) is 0.400. The molecule has 18 heavy (non-hydrogen) atoms. The lowest BCUT2D eigenvalue weighted by Gasteiger charge is -2.15. The molecule has 0 aromatic heterocycles. The lowest BCUT2D eigenvalue weighted by molar-refractivity contribution is 0.489. The zero-order valence-corrected chi connectivity index (χ0v) is 10.6. The minimum Gasteiger partial charge on any atom is -0.207 e. The quantitative estimate of drug-likeness (QED) is 0.866. The Kier molecular flexibility index (Phi) is 3.33. The van der Waals surface area contributed by atoms with Crippen molar-refractivity contribution in [2.75, 3.05) is 5.88 Å². The Morgan fingerprint density at radius 2 is 1.72 bits per heavy atom. The first-order valence-electron chi connectivity index (χ1n) is 5.04. The molecule has 100 valence electrons. The molecule has 1 N–H and O–H groups in total. The third-order valence-electron chi connectivity index (χ3n) is 2.69. The van der Waals surface area contributed by atoms with Gasteiger partial charge in [0.15, 0.2) is 4.90 Å². The van der Waals surface area contributed by atoms with Gasteiger partial charge in [0.2, 0.25) is 10.0 Å². The molecular formula is C10H9ClF3NO2S. The Bertz CT molecular complexity index is 564. The Morgan fingerprint density at radius 1 is 1.22 bits per heavy atom. The lowest BCUT2D eigenvalue weighted by atomic mass is 10.3. The van der Waals surface area contributed by atoms with E-state index in [4.69, 9.17) is 11.6 Å². The van der Waals surface area contributed by atoms with Crippen LogP contribution >= 0.6 is 11.6 Å². The number of alkyl halides is 1. The molecule has 1 fully saturated rings. The second kappa shape index (κ2) is 4.40. The van der Waals surface area contributed by atoms with Crippen LogP contribution in [0.4, 0.5) is 13.2 Å². The normalized spacial score (nSPS) is 17.8. The summed E-state index contributed by atoms with van der Waals surface area (Å²) in [6, 6.07) is 0.635. The Hall–Kier alpha value is -0.790. The minimum atomic E-state index is -4.40. The number of nitrogens with one attached hydrogen (secondary N) is 1. The molecule has 1 aromatic carbocycles. The topological polar surface area (TPSA) is 46.2 Å². The van der Waals surface area contributed by atoms with Crippen molar-refractivity contribution >= 4 is 21.6 Å². The summed E-state index contributed by atoms with van der Waals surface area (Å²) >= 11 is 5.58. The van der Waals surface area contributed by atoms with E-state index in [0.717, 1.165) is 0 Å². The van der Waals surface area contributed by atoms with Crippen molar-refractivity contribution in [3.8, 4) is 0 Å². The summed E-state index contributed by atoms with van der Waals surface area (Å²) in [5, 5.41) is 0. The maximum Gasteiger partial charge on any atom is 0.246 e. The first-order valence-corrected chi connectivity index (χ1v) is 7.06. The number of hydrogen-bond acceptors (Lipinski definition) is 2. The van der Waals surface area contributed by atoms with Crippen molar-refractivity contribution in [1.82, 2.24) is 4.72 Å². The average Bonchev–Trinajstić information content (AvgIpc) is 2.95. The summed E-state index contributed by atoms with van der Waals surface area (Å²) in [6.07, 6.45) is 1.00. The van der Waals surface area contributed by atoms with Crippen molar-refractivity contribution < 1.29 is 21.6 Å². The van der Waals surface area contributed by atoms with Crippen molar-refractivity contribution in [3.63, 3.8) is 0 Å². The Labute approximate surface area is 107 Å². The van der Waals surface area contributed by atoms with Gasteiger partial charge < -0.3 is 0 Å². The highest BCUT2D eigenvalue weighted by Gasteiger charge is 2.46. The molecule has 1 aliphatic carbocycles. The van der Waals surface area contributed by atoms with E-state index < -0.39 is 37.9 Å². The molecule has 0 atom stereocenters. The highest BCUT2D eigenvalue weighted by molar-refractivity contribution is 7.89. The number of sulfonamides is 1. The van der Waals surface area contributed by atoms with Crippen LogP contribution in [0.3, 0.4) is 0 Å². The van der Waals surface area contributed by atoms with E-state index >= 15 is 0 Å². The van der Waals surface area contributed by atoms with Gasteiger partial charge >= 0.3 is 0 Å². The minimum absolute atomic E-state index is 0.0106. The van der Waals surface area contributed by atoms with E-state index in [1.54, 1.807) is 0 Å². The zero-order chi connectivity index (χ0) is 13.6. The van der Waals surface area contributed by atoms with E-state index in [9.17, 15) is 21.6 Å². The molecular weight excluding hydrogens is 291 g/mol. The monoisotopic (exact) mass is 299 g/mol. The molecule has 0 unspecified atom stereocenters. The molecule has 8 heteroatoms. The largest absolute Gasteiger partial charge is 0.246 e. The van der Waals surface area contributed by atoms with Crippen LogP contribution in [0.1, 0.15) is 12.8 Å². The van der Waals surface area contributed by atoms with Crippen LogP contribution in [0.15, 0.2) is 17.0 Å². The van der Waals surface area contributed by atoms with Gasteiger partial charge in [0.05, 0.1) is 0 Å². The van der Waals surface area contributed by atoms with Gasteiger partial charge in [-0.15, -0.1) is 11.6 Å². The van der Waals surface area contributed by atoms with Gasteiger partial charge in [-0.05, 0) is 12.8 Å². The molecule has 2 rings (SSSR count). The molecule has 0 radical (unpaired) electrons. The van der Waals surface area contributed by atoms with Crippen molar-refractivity contribution in [3.05, 3.63) is 29.6 Å². The van der Waals surface area contributed by atoms with Gasteiger partial charge in [0.1, 0.15) is 17.5 Å². The predicted octanol–water partition coefficient (Wildman–Crippen LogP) is 2.15. The first-order chi connectivity index (χ1) is 8.30. The lowest BCUT2D eigenvalue weighted by Crippen LogP contribution is -2.39. The van der Waals surface area contributed by atoms with Gasteiger partial charge in [-0.25, -0.2) is 26.3 Å². The van der Waals surface area contributed by atoms with Gasteiger partial charge in [0, 0.05) is 23.6 Å². The van der Waals surface area contributed by atoms with Crippen LogP contribution in [-0.2, 0) is 10.0 Å². The SMILES string of the molecule is O=S(=O)(NC1(CCl)CC1)c1c(F)cc(F)cc1F. The number of halogens is 4. The molecule has 0 spiro atoms. The summed E-state index contributed by atoms with van der Waals surface area (Å²) in [6.45, 7) is 0. The van der Waals surface area contributed by atoms with E-state index in [1.807, 2.05) is 0 Å². The third kappa shape index (κ3) is 2.48. The molecule has 0 saturated heterocycles. The summed E-state index contributed by atoms with van der Waals surface area (Å²) in [4.78, 5) is -1.18. The van der Waals surface area contributed by atoms with E-state index in [0.29, 0.717) is 25.0 Å². The Balaban J connectivity index is 2.42. The van der Waals surface area contributed by atoms with Gasteiger partial charge in [-0.2, -0.15) is 0 Å². The zero-order valence-electron chi connectivity index (χ0n) is 9.01.